The highest BCUT2D eigenvalue weighted by Crippen LogP contribution is 1.98. The number of amides is 1. The standard InChI is InChI=1S/C5H10FNO3/c1-3(4(8)2-6)10-5(7)9/h3-4,8H,2H2,1H3,(H2,7,9)/t3-,4?/m0/s1. The molecule has 10 heavy (non-hydrogen) atoms. The summed E-state index contributed by atoms with van der Waals surface area (Å²) in [6.07, 6.45) is -3.19. The maximum atomic E-state index is 11.6. The van der Waals surface area contributed by atoms with Crippen LogP contribution in [0.2, 0.25) is 0 Å². The maximum Gasteiger partial charge on any atom is 0.404 e. The molecular weight excluding hydrogens is 141 g/mol. The third kappa shape index (κ3) is 3.24. The van der Waals surface area contributed by atoms with Crippen molar-refractivity contribution in [1.29, 1.82) is 0 Å². The lowest BCUT2D eigenvalue weighted by atomic mass is 10.2. The van der Waals surface area contributed by atoms with Crippen LogP contribution in [0.25, 0.3) is 0 Å². The van der Waals surface area contributed by atoms with E-state index >= 15 is 0 Å². The minimum absolute atomic E-state index is 0.887. The van der Waals surface area contributed by atoms with Crippen LogP contribution in [-0.4, -0.2) is 30.1 Å². The number of halogens is 1. The second-order valence-electron chi connectivity index (χ2n) is 1.86. The Balaban J connectivity index is 3.61. The predicted octanol–water partition coefficient (Wildman–Crippen LogP) is -0.199. The fourth-order valence-electron chi connectivity index (χ4n) is 0.387. The van der Waals surface area contributed by atoms with Gasteiger partial charge in [0.2, 0.25) is 0 Å². The topological polar surface area (TPSA) is 72.5 Å². The summed E-state index contributed by atoms with van der Waals surface area (Å²) >= 11 is 0. The summed E-state index contributed by atoms with van der Waals surface area (Å²) in [6.45, 7) is 0.406. The number of ether oxygens (including phenoxy) is 1. The Morgan fingerprint density at radius 2 is 2.40 bits per heavy atom. The molecule has 0 fully saturated rings. The van der Waals surface area contributed by atoms with Crippen LogP contribution in [0, 0.1) is 0 Å². The van der Waals surface area contributed by atoms with E-state index in [1.807, 2.05) is 0 Å². The summed E-state index contributed by atoms with van der Waals surface area (Å²) in [7, 11) is 0. The van der Waals surface area contributed by atoms with Crippen molar-refractivity contribution in [3.8, 4) is 0 Å². The zero-order valence-electron chi connectivity index (χ0n) is 5.58. The van der Waals surface area contributed by atoms with Crippen molar-refractivity contribution < 1.29 is 19.0 Å². The molecule has 0 heterocycles. The van der Waals surface area contributed by atoms with Crippen LogP contribution in [0.1, 0.15) is 6.92 Å². The highest BCUT2D eigenvalue weighted by atomic mass is 19.1. The molecule has 3 N–H and O–H groups in total. The first-order valence-electron chi connectivity index (χ1n) is 2.78. The Morgan fingerprint density at radius 3 is 2.70 bits per heavy atom. The van der Waals surface area contributed by atoms with Gasteiger partial charge >= 0.3 is 6.09 Å². The lowest BCUT2D eigenvalue weighted by molar-refractivity contribution is 0.00466. The van der Waals surface area contributed by atoms with Gasteiger partial charge in [0.25, 0.3) is 0 Å². The number of hydrogen-bond donors (Lipinski definition) is 2. The Kier molecular flexibility index (Phi) is 3.71. The van der Waals surface area contributed by atoms with Gasteiger partial charge in [-0.05, 0) is 6.92 Å². The summed E-state index contributed by atoms with van der Waals surface area (Å²) in [5, 5.41) is 8.67. The van der Waals surface area contributed by atoms with Gasteiger partial charge in [0.15, 0.2) is 0 Å². The summed E-state index contributed by atoms with van der Waals surface area (Å²) in [6, 6.07) is 0. The molecule has 0 radical (unpaired) electrons. The smallest absolute Gasteiger partial charge is 0.404 e. The van der Waals surface area contributed by atoms with E-state index in [1.165, 1.54) is 6.92 Å². The number of hydrogen-bond acceptors (Lipinski definition) is 3. The summed E-state index contributed by atoms with van der Waals surface area (Å²) in [4.78, 5) is 10.00. The second-order valence-corrected chi connectivity index (χ2v) is 1.86. The number of primary amides is 1. The molecule has 0 aliphatic heterocycles. The molecule has 1 amide bonds. The number of alkyl halides is 1. The van der Waals surface area contributed by atoms with Crippen LogP contribution in [0.15, 0.2) is 0 Å². The number of aliphatic hydroxyl groups is 1. The molecule has 0 rings (SSSR count). The quantitative estimate of drug-likeness (QED) is 0.586. The second kappa shape index (κ2) is 4.05. The minimum atomic E-state index is -1.28. The first-order chi connectivity index (χ1) is 4.57. The number of rotatable bonds is 3. The highest BCUT2D eigenvalue weighted by Gasteiger charge is 2.16. The average Bonchev–Trinajstić information content (AvgIpc) is 1.85. The molecule has 1 unspecified atom stereocenters. The van der Waals surface area contributed by atoms with Crippen LogP contribution in [-0.2, 0) is 4.74 Å². The summed E-state index contributed by atoms with van der Waals surface area (Å²) in [5.41, 5.74) is 4.59. The van der Waals surface area contributed by atoms with E-state index in [1.54, 1.807) is 0 Å². The van der Waals surface area contributed by atoms with Crippen LogP contribution in [0.3, 0.4) is 0 Å². The lowest BCUT2D eigenvalue weighted by Gasteiger charge is -2.14. The molecule has 0 aromatic rings. The van der Waals surface area contributed by atoms with Crippen molar-refractivity contribution in [1.82, 2.24) is 0 Å². The Morgan fingerprint density at radius 1 is 1.90 bits per heavy atom. The number of nitrogens with two attached hydrogens (primary N) is 1. The van der Waals surface area contributed by atoms with Gasteiger partial charge in [0.05, 0.1) is 0 Å². The van der Waals surface area contributed by atoms with Crippen molar-refractivity contribution in [2.45, 2.75) is 19.1 Å². The molecule has 0 spiro atoms. The van der Waals surface area contributed by atoms with Crippen molar-refractivity contribution in [3.63, 3.8) is 0 Å². The fourth-order valence-corrected chi connectivity index (χ4v) is 0.387. The molecule has 0 aliphatic carbocycles. The van der Waals surface area contributed by atoms with E-state index < -0.39 is 25.0 Å². The molecule has 0 aromatic carbocycles. The van der Waals surface area contributed by atoms with Crippen LogP contribution < -0.4 is 5.73 Å². The molecule has 0 bridgehead atoms. The van der Waals surface area contributed by atoms with Gasteiger partial charge in [-0.25, -0.2) is 9.18 Å². The molecule has 0 aromatic heterocycles. The summed E-state index contributed by atoms with van der Waals surface area (Å²) < 4.78 is 15.9. The molecule has 0 saturated carbocycles. The van der Waals surface area contributed by atoms with Crippen LogP contribution in [0.4, 0.5) is 9.18 Å². The van der Waals surface area contributed by atoms with E-state index in [4.69, 9.17) is 5.11 Å². The molecular formula is C5H10FNO3. The normalized spacial score (nSPS) is 15.9. The monoisotopic (exact) mass is 151 g/mol. The molecule has 5 heteroatoms. The number of carbonyl (C=O) groups excluding carboxylic acids is 1. The third-order valence-electron chi connectivity index (χ3n) is 1.00. The van der Waals surface area contributed by atoms with Crippen molar-refractivity contribution in [3.05, 3.63) is 0 Å². The van der Waals surface area contributed by atoms with Gasteiger partial charge < -0.3 is 15.6 Å². The van der Waals surface area contributed by atoms with Gasteiger partial charge in [0, 0.05) is 0 Å². The van der Waals surface area contributed by atoms with E-state index in [0.717, 1.165) is 0 Å². The van der Waals surface area contributed by atoms with Gasteiger partial charge in [-0.2, -0.15) is 0 Å². The molecule has 0 aliphatic rings. The van der Waals surface area contributed by atoms with E-state index in [-0.39, 0.29) is 0 Å². The Bertz CT molecular complexity index is 119. The third-order valence-corrected chi connectivity index (χ3v) is 1.00. The number of carbonyl (C=O) groups is 1. The van der Waals surface area contributed by atoms with Gasteiger partial charge in [0.1, 0.15) is 18.9 Å². The highest BCUT2D eigenvalue weighted by molar-refractivity contribution is 5.64. The number of aliphatic hydroxyl groups excluding tert-OH is 1. The van der Waals surface area contributed by atoms with E-state index in [0.29, 0.717) is 0 Å². The Hall–Kier alpha value is -0.840. The van der Waals surface area contributed by atoms with E-state index in [9.17, 15) is 9.18 Å². The van der Waals surface area contributed by atoms with Gasteiger partial charge in [-0.15, -0.1) is 0 Å². The largest absolute Gasteiger partial charge is 0.444 e. The van der Waals surface area contributed by atoms with Gasteiger partial charge in [-0.1, -0.05) is 0 Å². The minimum Gasteiger partial charge on any atom is -0.444 e. The van der Waals surface area contributed by atoms with E-state index in [2.05, 4.69) is 10.5 Å². The van der Waals surface area contributed by atoms with Crippen LogP contribution >= 0.6 is 0 Å². The Labute approximate surface area is 57.8 Å². The predicted molar refractivity (Wildman–Crippen MR) is 32.1 cm³/mol. The summed E-state index contributed by atoms with van der Waals surface area (Å²) in [5.74, 6) is 0. The zero-order valence-corrected chi connectivity index (χ0v) is 5.58. The first kappa shape index (κ1) is 9.16. The fraction of sp³-hybridized carbons (Fsp3) is 0.800. The average molecular weight is 151 g/mol. The van der Waals surface area contributed by atoms with Gasteiger partial charge in [-0.3, -0.25) is 0 Å². The molecule has 2 atom stereocenters. The first-order valence-corrected chi connectivity index (χ1v) is 2.78. The van der Waals surface area contributed by atoms with Crippen LogP contribution in [0.5, 0.6) is 0 Å². The zero-order chi connectivity index (χ0) is 8.15. The van der Waals surface area contributed by atoms with Crippen molar-refractivity contribution in [2.24, 2.45) is 5.73 Å². The lowest BCUT2D eigenvalue weighted by Crippen LogP contribution is -2.32. The van der Waals surface area contributed by atoms with Crippen molar-refractivity contribution >= 4 is 6.09 Å². The molecule has 4 nitrogen and oxygen atoms in total. The SMILES string of the molecule is C[C@H](OC(N)=O)C(O)CF. The molecule has 60 valence electrons. The molecule has 0 saturated heterocycles. The maximum absolute atomic E-state index is 11.6. The van der Waals surface area contributed by atoms with Crippen molar-refractivity contribution in [2.75, 3.05) is 6.67 Å².